The quantitative estimate of drug-likeness (QED) is 0.494. The second-order valence-electron chi connectivity index (χ2n) is 3.12. The molecular formula is C10H15F2NO2. The fourth-order valence-electron chi connectivity index (χ4n) is 0.908. The summed E-state index contributed by atoms with van der Waals surface area (Å²) in [6, 6.07) is 0. The number of nitrogens with one attached hydrogen (secondary N) is 1. The van der Waals surface area contributed by atoms with E-state index in [2.05, 4.69) is 11.2 Å². The molecule has 0 aliphatic heterocycles. The van der Waals surface area contributed by atoms with Crippen molar-refractivity contribution in [2.24, 2.45) is 0 Å². The molecule has 0 aromatic heterocycles. The van der Waals surface area contributed by atoms with Crippen LogP contribution in [0.15, 0.2) is 0 Å². The van der Waals surface area contributed by atoms with Gasteiger partial charge >= 0.3 is 0 Å². The molecule has 0 aliphatic rings. The van der Waals surface area contributed by atoms with E-state index in [1.54, 1.807) is 0 Å². The van der Waals surface area contributed by atoms with Crippen LogP contribution in [0.5, 0.6) is 0 Å². The lowest BCUT2D eigenvalue weighted by Crippen LogP contribution is -2.35. The lowest BCUT2D eigenvalue weighted by Gasteiger charge is -2.10. The molecule has 0 bridgehead atoms. The molecule has 0 aromatic carbocycles. The van der Waals surface area contributed by atoms with Gasteiger partial charge in [0.1, 0.15) is 6.10 Å². The van der Waals surface area contributed by atoms with Crippen LogP contribution >= 0.6 is 0 Å². The Balaban J connectivity index is 3.46. The monoisotopic (exact) mass is 219 g/mol. The SMILES string of the molecule is C#CCCCCC(=O)NCC(O)C(F)F. The summed E-state index contributed by atoms with van der Waals surface area (Å²) in [6.45, 7) is -0.411. The van der Waals surface area contributed by atoms with Crippen molar-refractivity contribution in [2.45, 2.75) is 38.2 Å². The molecule has 0 aromatic rings. The average molecular weight is 219 g/mol. The Morgan fingerprint density at radius 3 is 2.67 bits per heavy atom. The largest absolute Gasteiger partial charge is 0.385 e. The van der Waals surface area contributed by atoms with Gasteiger partial charge in [-0.15, -0.1) is 12.3 Å². The van der Waals surface area contributed by atoms with Crippen LogP contribution in [0.25, 0.3) is 0 Å². The molecule has 15 heavy (non-hydrogen) atoms. The molecule has 0 spiro atoms. The summed E-state index contributed by atoms with van der Waals surface area (Å²) >= 11 is 0. The van der Waals surface area contributed by atoms with Crippen LogP contribution in [0.1, 0.15) is 25.7 Å². The molecule has 86 valence electrons. The Hall–Kier alpha value is -1.15. The third kappa shape index (κ3) is 7.89. The van der Waals surface area contributed by atoms with Crippen molar-refractivity contribution in [1.29, 1.82) is 0 Å². The maximum atomic E-state index is 11.8. The molecule has 0 saturated heterocycles. The second kappa shape index (κ2) is 8.18. The minimum Gasteiger partial charge on any atom is -0.385 e. The molecule has 1 amide bonds. The number of carbonyl (C=O) groups is 1. The third-order valence-electron chi connectivity index (χ3n) is 1.77. The lowest BCUT2D eigenvalue weighted by atomic mass is 10.2. The van der Waals surface area contributed by atoms with Gasteiger partial charge < -0.3 is 10.4 Å². The van der Waals surface area contributed by atoms with Gasteiger partial charge in [-0.3, -0.25) is 4.79 Å². The van der Waals surface area contributed by atoms with Crippen molar-refractivity contribution in [3.8, 4) is 12.3 Å². The fraction of sp³-hybridized carbons (Fsp3) is 0.700. The van der Waals surface area contributed by atoms with Crippen LogP contribution < -0.4 is 5.32 Å². The minimum absolute atomic E-state index is 0.248. The van der Waals surface area contributed by atoms with Crippen LogP contribution in [0.4, 0.5) is 8.78 Å². The summed E-state index contributed by atoms with van der Waals surface area (Å²) in [4.78, 5) is 11.0. The van der Waals surface area contributed by atoms with Gasteiger partial charge in [0.15, 0.2) is 0 Å². The zero-order chi connectivity index (χ0) is 11.7. The predicted octanol–water partition coefficient (Wildman–Crippen LogP) is 0.922. The van der Waals surface area contributed by atoms with Crippen molar-refractivity contribution < 1.29 is 18.7 Å². The van der Waals surface area contributed by atoms with Gasteiger partial charge in [-0.25, -0.2) is 8.78 Å². The Bertz CT molecular complexity index is 226. The number of alkyl halides is 2. The summed E-state index contributed by atoms with van der Waals surface area (Å²) in [6.07, 6.45) is 2.61. The molecule has 3 nitrogen and oxygen atoms in total. The Morgan fingerprint density at radius 2 is 2.13 bits per heavy atom. The van der Waals surface area contributed by atoms with Crippen molar-refractivity contribution in [3.05, 3.63) is 0 Å². The number of aliphatic hydroxyl groups is 1. The van der Waals surface area contributed by atoms with Gasteiger partial charge in [0.05, 0.1) is 0 Å². The van der Waals surface area contributed by atoms with Gasteiger partial charge in [0.25, 0.3) is 6.43 Å². The summed E-state index contributed by atoms with van der Waals surface area (Å²) in [5, 5.41) is 10.9. The first kappa shape index (κ1) is 13.8. The molecule has 1 atom stereocenters. The average Bonchev–Trinajstić information content (AvgIpc) is 2.20. The maximum Gasteiger partial charge on any atom is 0.265 e. The molecular weight excluding hydrogens is 204 g/mol. The standard InChI is InChI=1S/C10H15F2NO2/c1-2-3-4-5-6-9(15)13-7-8(14)10(11)12/h1,8,10,14H,3-7H2,(H,13,15). The van der Waals surface area contributed by atoms with E-state index < -0.39 is 19.1 Å². The number of carbonyl (C=O) groups excluding carboxylic acids is 1. The zero-order valence-electron chi connectivity index (χ0n) is 8.38. The highest BCUT2D eigenvalue weighted by Crippen LogP contribution is 2.00. The van der Waals surface area contributed by atoms with E-state index in [4.69, 9.17) is 11.5 Å². The van der Waals surface area contributed by atoms with Gasteiger partial charge in [0, 0.05) is 19.4 Å². The summed E-state index contributed by atoms with van der Waals surface area (Å²) in [5.74, 6) is 2.09. The highest BCUT2D eigenvalue weighted by molar-refractivity contribution is 5.75. The van der Waals surface area contributed by atoms with Gasteiger partial charge in [-0.05, 0) is 12.8 Å². The molecule has 0 aliphatic carbocycles. The first-order chi connectivity index (χ1) is 7.07. The first-order valence-electron chi connectivity index (χ1n) is 4.74. The number of rotatable bonds is 7. The zero-order valence-corrected chi connectivity index (χ0v) is 8.38. The van der Waals surface area contributed by atoms with E-state index in [1.807, 2.05) is 0 Å². The number of unbranched alkanes of at least 4 members (excludes halogenated alkanes) is 2. The number of aliphatic hydroxyl groups excluding tert-OH is 1. The normalized spacial score (nSPS) is 12.2. The van der Waals surface area contributed by atoms with Crippen molar-refractivity contribution in [3.63, 3.8) is 0 Å². The molecule has 0 rings (SSSR count). The van der Waals surface area contributed by atoms with Gasteiger partial charge in [0.2, 0.25) is 5.91 Å². The lowest BCUT2D eigenvalue weighted by molar-refractivity contribution is -0.122. The van der Waals surface area contributed by atoms with Crippen molar-refractivity contribution in [2.75, 3.05) is 6.54 Å². The van der Waals surface area contributed by atoms with Gasteiger partial charge in [-0.1, -0.05) is 0 Å². The number of hydrogen-bond donors (Lipinski definition) is 2. The molecule has 1 unspecified atom stereocenters. The smallest absolute Gasteiger partial charge is 0.265 e. The molecule has 2 N–H and O–H groups in total. The summed E-state index contributed by atoms with van der Waals surface area (Å²) in [5.41, 5.74) is 0. The number of terminal acetylenes is 1. The van der Waals surface area contributed by atoms with Crippen LogP contribution in [0.3, 0.4) is 0 Å². The number of amides is 1. The molecule has 0 radical (unpaired) electrons. The van der Waals surface area contributed by atoms with Crippen molar-refractivity contribution in [1.82, 2.24) is 5.32 Å². The van der Waals surface area contributed by atoms with Crippen molar-refractivity contribution >= 4 is 5.91 Å². The topological polar surface area (TPSA) is 49.3 Å². The Kier molecular flexibility index (Phi) is 7.56. The van der Waals surface area contributed by atoms with E-state index in [1.165, 1.54) is 0 Å². The van der Waals surface area contributed by atoms with E-state index in [0.29, 0.717) is 12.8 Å². The summed E-state index contributed by atoms with van der Waals surface area (Å²) in [7, 11) is 0. The highest BCUT2D eigenvalue weighted by Gasteiger charge is 2.16. The predicted molar refractivity (Wildman–Crippen MR) is 52.3 cm³/mol. The molecule has 5 heteroatoms. The van der Waals surface area contributed by atoms with E-state index in [-0.39, 0.29) is 12.3 Å². The molecule has 0 heterocycles. The van der Waals surface area contributed by atoms with Crippen LogP contribution in [-0.2, 0) is 4.79 Å². The summed E-state index contributed by atoms with van der Waals surface area (Å²) < 4.78 is 23.6. The fourth-order valence-corrected chi connectivity index (χ4v) is 0.908. The van der Waals surface area contributed by atoms with Gasteiger partial charge in [-0.2, -0.15) is 0 Å². The number of halogens is 2. The highest BCUT2D eigenvalue weighted by atomic mass is 19.3. The third-order valence-corrected chi connectivity index (χ3v) is 1.77. The Labute approximate surface area is 87.9 Å². The Morgan fingerprint density at radius 1 is 1.47 bits per heavy atom. The molecule has 0 fully saturated rings. The van der Waals surface area contributed by atoms with E-state index >= 15 is 0 Å². The van der Waals surface area contributed by atoms with Crippen LogP contribution in [0, 0.1) is 12.3 Å². The van der Waals surface area contributed by atoms with E-state index in [0.717, 1.165) is 6.42 Å². The number of hydrogen-bond acceptors (Lipinski definition) is 2. The van der Waals surface area contributed by atoms with Crippen LogP contribution in [0.2, 0.25) is 0 Å². The van der Waals surface area contributed by atoms with Crippen LogP contribution in [-0.4, -0.2) is 30.1 Å². The molecule has 0 saturated carbocycles. The second-order valence-corrected chi connectivity index (χ2v) is 3.12. The minimum atomic E-state index is -2.83. The van der Waals surface area contributed by atoms with E-state index in [9.17, 15) is 13.6 Å². The first-order valence-corrected chi connectivity index (χ1v) is 4.74. The maximum absolute atomic E-state index is 11.8.